The summed E-state index contributed by atoms with van der Waals surface area (Å²) in [5.41, 5.74) is 2.48. The molecular weight excluding hydrogens is 360 g/mol. The molecule has 1 amide bonds. The van der Waals surface area contributed by atoms with Crippen LogP contribution in [0, 0.1) is 0 Å². The van der Waals surface area contributed by atoms with Gasteiger partial charge < -0.3 is 4.90 Å². The average molecular weight is 377 g/mol. The molecule has 7 nitrogen and oxygen atoms in total. The summed E-state index contributed by atoms with van der Waals surface area (Å²) in [4.78, 5) is 14.1. The number of aryl methyl sites for hydroxylation is 1. The highest BCUT2D eigenvalue weighted by Gasteiger charge is 2.16. The first-order valence-corrected chi connectivity index (χ1v) is 8.11. The van der Waals surface area contributed by atoms with Gasteiger partial charge in [0.25, 0.3) is 0 Å². The third-order valence-corrected chi connectivity index (χ3v) is 4.29. The summed E-state index contributed by atoms with van der Waals surface area (Å²) in [5, 5.41) is 12.6. The number of benzene rings is 1. The van der Waals surface area contributed by atoms with E-state index in [1.807, 2.05) is 42.1 Å². The maximum Gasteiger partial charge on any atom is 0.244 e. The van der Waals surface area contributed by atoms with Crippen molar-refractivity contribution in [1.82, 2.24) is 29.7 Å². The first-order valence-electron chi connectivity index (χ1n) is 7.32. The highest BCUT2D eigenvalue weighted by Crippen LogP contribution is 2.17. The molecule has 1 aromatic carbocycles. The van der Waals surface area contributed by atoms with Gasteiger partial charge in [0.2, 0.25) is 5.91 Å². The summed E-state index contributed by atoms with van der Waals surface area (Å²) < 4.78 is 4.36. The number of nitrogens with zero attached hydrogens (tertiary/aromatic N) is 6. The molecule has 3 aromatic rings. The normalized spacial score (nSPS) is 11.1. The number of halogens is 1. The van der Waals surface area contributed by atoms with Crippen LogP contribution in [0.1, 0.15) is 12.6 Å². The topological polar surface area (TPSA) is 68.8 Å². The van der Waals surface area contributed by atoms with Crippen LogP contribution in [0.3, 0.4) is 0 Å². The molecule has 23 heavy (non-hydrogen) atoms. The number of para-hydroxylation sites is 1. The van der Waals surface area contributed by atoms with E-state index in [4.69, 9.17) is 0 Å². The number of carbonyl (C=O) groups excluding carboxylic acids is 1. The number of carbonyl (C=O) groups is 1. The van der Waals surface area contributed by atoms with Gasteiger partial charge in [-0.25, -0.2) is 4.68 Å². The number of hydrogen-bond acceptors (Lipinski definition) is 4. The molecule has 2 heterocycles. The molecule has 0 radical (unpaired) electrons. The molecule has 2 aromatic heterocycles. The average Bonchev–Trinajstić information content (AvgIpc) is 3.11. The van der Waals surface area contributed by atoms with Gasteiger partial charge in [-0.2, -0.15) is 5.10 Å². The van der Waals surface area contributed by atoms with E-state index in [-0.39, 0.29) is 12.5 Å². The molecule has 0 spiro atoms. The second kappa shape index (κ2) is 6.49. The lowest BCUT2D eigenvalue weighted by atomic mass is 10.3. The van der Waals surface area contributed by atoms with Crippen LogP contribution in [0.2, 0.25) is 0 Å². The minimum atomic E-state index is -0.0430. The zero-order valence-electron chi connectivity index (χ0n) is 13.0. The summed E-state index contributed by atoms with van der Waals surface area (Å²) in [6.45, 7) is 3.41. The zero-order valence-corrected chi connectivity index (χ0v) is 14.6. The molecule has 0 bridgehead atoms. The Morgan fingerprint density at radius 2 is 2.13 bits per heavy atom. The van der Waals surface area contributed by atoms with Crippen LogP contribution in [0.5, 0.6) is 0 Å². The lowest BCUT2D eigenvalue weighted by molar-refractivity contribution is -0.131. The Morgan fingerprint density at radius 3 is 2.87 bits per heavy atom. The molecule has 0 N–H and O–H groups in total. The molecule has 0 atom stereocenters. The van der Waals surface area contributed by atoms with Gasteiger partial charge >= 0.3 is 0 Å². The van der Waals surface area contributed by atoms with Crippen LogP contribution in [0.15, 0.2) is 34.9 Å². The van der Waals surface area contributed by atoms with Crippen molar-refractivity contribution in [1.29, 1.82) is 0 Å². The third-order valence-electron chi connectivity index (χ3n) is 3.63. The monoisotopic (exact) mass is 376 g/mol. The fraction of sp³-hybridized carbons (Fsp3) is 0.333. The predicted octanol–water partition coefficient (Wildman–Crippen LogP) is 2.07. The van der Waals surface area contributed by atoms with Crippen LogP contribution in [-0.2, 0) is 24.4 Å². The summed E-state index contributed by atoms with van der Waals surface area (Å²) in [6.07, 6.45) is 1.92. The van der Waals surface area contributed by atoms with Crippen LogP contribution in [-0.4, -0.2) is 42.6 Å². The van der Waals surface area contributed by atoms with E-state index in [2.05, 4.69) is 31.3 Å². The summed E-state index contributed by atoms with van der Waals surface area (Å²) in [5.74, 6) is -0.0430. The van der Waals surface area contributed by atoms with Crippen LogP contribution in [0.4, 0.5) is 0 Å². The summed E-state index contributed by atoms with van der Waals surface area (Å²) in [6, 6.07) is 7.59. The lowest BCUT2D eigenvalue weighted by Gasteiger charge is -2.16. The van der Waals surface area contributed by atoms with Crippen molar-refractivity contribution in [3.05, 3.63) is 40.6 Å². The Balaban J connectivity index is 1.71. The Hall–Kier alpha value is -2.22. The first-order chi connectivity index (χ1) is 11.1. The third kappa shape index (κ3) is 3.26. The van der Waals surface area contributed by atoms with Crippen LogP contribution in [0.25, 0.3) is 11.0 Å². The van der Waals surface area contributed by atoms with Crippen molar-refractivity contribution < 1.29 is 4.79 Å². The van der Waals surface area contributed by atoms with E-state index in [0.29, 0.717) is 6.54 Å². The minimum absolute atomic E-state index is 0.0430. The second-order valence-corrected chi connectivity index (χ2v) is 6.12. The van der Waals surface area contributed by atoms with Crippen molar-refractivity contribution >= 4 is 32.9 Å². The molecule has 0 aliphatic rings. The number of hydrogen-bond donors (Lipinski definition) is 0. The highest BCUT2D eigenvalue weighted by atomic mass is 79.9. The maximum atomic E-state index is 12.4. The number of likely N-dealkylation sites (N-methyl/N-ethyl adjacent to an activating group) is 1. The standard InChI is InChI=1S/C15H17BrN6O/c1-3-21-8-11(16)13(18-21)9-20(2)15(23)10-22-14-7-5-4-6-12(14)17-19-22/h4-8H,3,9-10H2,1-2H3. The predicted molar refractivity (Wildman–Crippen MR) is 89.6 cm³/mol. The number of amides is 1. The summed E-state index contributed by atoms with van der Waals surface area (Å²) in [7, 11) is 1.76. The van der Waals surface area contributed by atoms with Gasteiger partial charge in [-0.1, -0.05) is 17.3 Å². The molecule has 0 saturated heterocycles. The maximum absolute atomic E-state index is 12.4. The molecule has 0 aliphatic heterocycles. The van der Waals surface area contributed by atoms with Gasteiger partial charge in [0.05, 0.1) is 22.2 Å². The number of aromatic nitrogens is 5. The molecule has 0 saturated carbocycles. The largest absolute Gasteiger partial charge is 0.338 e. The fourth-order valence-electron chi connectivity index (χ4n) is 2.30. The van der Waals surface area contributed by atoms with E-state index in [1.54, 1.807) is 16.6 Å². The van der Waals surface area contributed by atoms with E-state index >= 15 is 0 Å². The molecule has 0 unspecified atom stereocenters. The number of rotatable bonds is 5. The van der Waals surface area contributed by atoms with Crippen molar-refractivity contribution in [2.24, 2.45) is 0 Å². The molecule has 8 heteroatoms. The van der Waals surface area contributed by atoms with Gasteiger partial charge in [-0.3, -0.25) is 9.48 Å². The van der Waals surface area contributed by atoms with E-state index in [0.717, 1.165) is 27.7 Å². The molecule has 3 rings (SSSR count). The smallest absolute Gasteiger partial charge is 0.244 e. The lowest BCUT2D eigenvalue weighted by Crippen LogP contribution is -2.30. The van der Waals surface area contributed by atoms with Gasteiger partial charge in [0.15, 0.2) is 0 Å². The molecular formula is C15H17BrN6O. The highest BCUT2D eigenvalue weighted by molar-refractivity contribution is 9.10. The van der Waals surface area contributed by atoms with Gasteiger partial charge in [0, 0.05) is 19.8 Å². The SMILES string of the molecule is CCn1cc(Br)c(CN(C)C(=O)Cn2nnc3ccccc32)n1. The first kappa shape index (κ1) is 15.7. The molecule has 120 valence electrons. The van der Waals surface area contributed by atoms with Gasteiger partial charge in [0.1, 0.15) is 12.1 Å². The number of fused-ring (bicyclic) bond motifs is 1. The van der Waals surface area contributed by atoms with E-state index in [1.165, 1.54) is 0 Å². The Morgan fingerprint density at radius 1 is 1.35 bits per heavy atom. The zero-order chi connectivity index (χ0) is 16.4. The minimum Gasteiger partial charge on any atom is -0.338 e. The van der Waals surface area contributed by atoms with Crippen molar-refractivity contribution in [3.63, 3.8) is 0 Å². The summed E-state index contributed by atoms with van der Waals surface area (Å²) >= 11 is 3.48. The quantitative estimate of drug-likeness (QED) is 0.683. The van der Waals surface area contributed by atoms with Crippen LogP contribution >= 0.6 is 15.9 Å². The Labute approximate surface area is 142 Å². The van der Waals surface area contributed by atoms with Crippen molar-refractivity contribution in [3.8, 4) is 0 Å². The molecule has 0 aliphatic carbocycles. The van der Waals surface area contributed by atoms with Crippen molar-refractivity contribution in [2.75, 3.05) is 7.05 Å². The Kier molecular flexibility index (Phi) is 4.42. The second-order valence-electron chi connectivity index (χ2n) is 5.27. The van der Waals surface area contributed by atoms with E-state index in [9.17, 15) is 4.79 Å². The van der Waals surface area contributed by atoms with Crippen molar-refractivity contribution in [2.45, 2.75) is 26.6 Å². The van der Waals surface area contributed by atoms with Gasteiger partial charge in [-0.15, -0.1) is 5.10 Å². The fourth-order valence-corrected chi connectivity index (χ4v) is 2.74. The van der Waals surface area contributed by atoms with E-state index < -0.39 is 0 Å². The molecule has 0 fully saturated rings. The van der Waals surface area contributed by atoms with Crippen LogP contribution < -0.4 is 0 Å². The Bertz CT molecular complexity index is 839. The van der Waals surface area contributed by atoms with Gasteiger partial charge in [-0.05, 0) is 35.0 Å².